The smallest absolute Gasteiger partial charge is 0.258 e. The third-order valence-corrected chi connectivity index (χ3v) is 2.80. The molecule has 1 amide bonds. The van der Waals surface area contributed by atoms with E-state index >= 15 is 0 Å². The molecule has 98 valence electrons. The largest absolute Gasteiger partial charge is 0.508 e. The Labute approximate surface area is 113 Å². The summed E-state index contributed by atoms with van der Waals surface area (Å²) in [6, 6.07) is 7.98. The number of nitrogen functional groups attached to an aromatic ring is 1. The van der Waals surface area contributed by atoms with Crippen LogP contribution in [0.3, 0.4) is 0 Å². The second-order valence-electron chi connectivity index (χ2n) is 3.82. The van der Waals surface area contributed by atoms with Crippen molar-refractivity contribution in [1.29, 1.82) is 0 Å². The van der Waals surface area contributed by atoms with E-state index in [1.807, 2.05) is 0 Å². The minimum absolute atomic E-state index is 0.0410. The Hall–Kier alpha value is -2.27. The lowest BCUT2D eigenvalue weighted by molar-refractivity contribution is 0.102. The molecule has 2 aromatic carbocycles. The fourth-order valence-electron chi connectivity index (χ4n) is 1.54. The number of nitrogens with one attached hydrogen (secondary N) is 1. The quantitative estimate of drug-likeness (QED) is 0.585. The van der Waals surface area contributed by atoms with Gasteiger partial charge in [0, 0.05) is 5.69 Å². The van der Waals surface area contributed by atoms with Gasteiger partial charge >= 0.3 is 0 Å². The highest BCUT2D eigenvalue weighted by molar-refractivity contribution is 6.34. The van der Waals surface area contributed by atoms with Crippen LogP contribution in [0.15, 0.2) is 36.4 Å². The monoisotopic (exact) mass is 280 g/mol. The molecule has 0 unspecified atom stereocenters. The number of amides is 1. The summed E-state index contributed by atoms with van der Waals surface area (Å²) in [5, 5.41) is 11.7. The second-order valence-corrected chi connectivity index (χ2v) is 4.23. The Morgan fingerprint density at radius 3 is 2.74 bits per heavy atom. The Kier molecular flexibility index (Phi) is 3.57. The average molecular weight is 281 g/mol. The molecule has 0 aliphatic heterocycles. The highest BCUT2D eigenvalue weighted by Gasteiger charge is 2.15. The van der Waals surface area contributed by atoms with Gasteiger partial charge in [0.05, 0.1) is 16.3 Å². The summed E-state index contributed by atoms with van der Waals surface area (Å²) < 4.78 is 13.5. The highest BCUT2D eigenvalue weighted by Crippen LogP contribution is 2.26. The van der Waals surface area contributed by atoms with Gasteiger partial charge in [-0.1, -0.05) is 17.7 Å². The van der Waals surface area contributed by atoms with Gasteiger partial charge < -0.3 is 16.2 Å². The number of hydrogen-bond acceptors (Lipinski definition) is 3. The molecule has 0 fully saturated rings. The van der Waals surface area contributed by atoms with E-state index in [1.165, 1.54) is 36.4 Å². The van der Waals surface area contributed by atoms with Crippen LogP contribution in [0.4, 0.5) is 15.8 Å². The summed E-state index contributed by atoms with van der Waals surface area (Å²) in [6.07, 6.45) is 0. The number of anilines is 2. The van der Waals surface area contributed by atoms with Gasteiger partial charge in [-0.15, -0.1) is 0 Å². The lowest BCUT2D eigenvalue weighted by atomic mass is 10.1. The molecule has 0 saturated carbocycles. The maximum absolute atomic E-state index is 13.5. The van der Waals surface area contributed by atoms with Crippen LogP contribution >= 0.6 is 11.6 Å². The normalized spacial score (nSPS) is 10.2. The predicted octanol–water partition coefficient (Wildman–Crippen LogP) is 3.02. The zero-order chi connectivity index (χ0) is 14.0. The fraction of sp³-hybridized carbons (Fsp3) is 0. The van der Waals surface area contributed by atoms with Crippen LogP contribution in [0.5, 0.6) is 5.75 Å². The van der Waals surface area contributed by atoms with Crippen LogP contribution in [0.1, 0.15) is 10.4 Å². The van der Waals surface area contributed by atoms with E-state index in [2.05, 4.69) is 5.32 Å². The van der Waals surface area contributed by atoms with E-state index in [0.717, 1.165) is 0 Å². The summed E-state index contributed by atoms with van der Waals surface area (Å²) in [4.78, 5) is 12.0. The Morgan fingerprint density at radius 1 is 1.32 bits per heavy atom. The van der Waals surface area contributed by atoms with Crippen LogP contribution in [0.25, 0.3) is 0 Å². The van der Waals surface area contributed by atoms with Gasteiger partial charge in [0.1, 0.15) is 11.6 Å². The molecule has 0 radical (unpaired) electrons. The van der Waals surface area contributed by atoms with Crippen molar-refractivity contribution >= 4 is 28.9 Å². The van der Waals surface area contributed by atoms with Crippen molar-refractivity contribution in [3.05, 3.63) is 52.8 Å². The van der Waals surface area contributed by atoms with E-state index < -0.39 is 11.7 Å². The second kappa shape index (κ2) is 5.16. The molecule has 0 aromatic heterocycles. The first-order valence-electron chi connectivity index (χ1n) is 5.33. The first kappa shape index (κ1) is 13.2. The lowest BCUT2D eigenvalue weighted by Crippen LogP contribution is -2.15. The van der Waals surface area contributed by atoms with E-state index in [4.69, 9.17) is 17.3 Å². The van der Waals surface area contributed by atoms with Crippen LogP contribution in [0, 0.1) is 5.82 Å². The molecule has 19 heavy (non-hydrogen) atoms. The molecule has 0 heterocycles. The molecule has 2 rings (SSSR count). The van der Waals surface area contributed by atoms with Crippen LogP contribution < -0.4 is 11.1 Å². The van der Waals surface area contributed by atoms with E-state index in [-0.39, 0.29) is 27.7 Å². The number of halogens is 2. The van der Waals surface area contributed by atoms with Gasteiger partial charge in [0.2, 0.25) is 0 Å². The minimum Gasteiger partial charge on any atom is -0.508 e. The van der Waals surface area contributed by atoms with Crippen LogP contribution in [0.2, 0.25) is 5.02 Å². The molecule has 0 spiro atoms. The zero-order valence-electron chi connectivity index (χ0n) is 9.65. The SMILES string of the molecule is Nc1ccc(O)cc1C(=O)Nc1c(F)cccc1Cl. The van der Waals surface area contributed by atoms with Gasteiger partial charge in [0.25, 0.3) is 5.91 Å². The van der Waals surface area contributed by atoms with Crippen molar-refractivity contribution in [2.45, 2.75) is 0 Å². The van der Waals surface area contributed by atoms with Gasteiger partial charge in [-0.05, 0) is 30.3 Å². The van der Waals surface area contributed by atoms with Crippen molar-refractivity contribution in [1.82, 2.24) is 0 Å². The van der Waals surface area contributed by atoms with E-state index in [0.29, 0.717) is 0 Å². The maximum atomic E-state index is 13.5. The molecule has 4 nitrogen and oxygen atoms in total. The fourth-order valence-corrected chi connectivity index (χ4v) is 1.75. The van der Waals surface area contributed by atoms with Crippen LogP contribution in [-0.2, 0) is 0 Å². The predicted molar refractivity (Wildman–Crippen MR) is 71.9 cm³/mol. The molecule has 2 aromatic rings. The van der Waals surface area contributed by atoms with Crippen molar-refractivity contribution in [3.63, 3.8) is 0 Å². The van der Waals surface area contributed by atoms with Crippen LogP contribution in [-0.4, -0.2) is 11.0 Å². The summed E-state index contributed by atoms with van der Waals surface area (Å²) in [7, 11) is 0. The van der Waals surface area contributed by atoms with Crippen molar-refractivity contribution in [2.75, 3.05) is 11.1 Å². The topological polar surface area (TPSA) is 75.3 Å². The number of aromatic hydroxyl groups is 1. The van der Waals surface area contributed by atoms with Crippen molar-refractivity contribution < 1.29 is 14.3 Å². The number of carbonyl (C=O) groups excluding carboxylic acids is 1. The zero-order valence-corrected chi connectivity index (χ0v) is 10.4. The molecular weight excluding hydrogens is 271 g/mol. The van der Waals surface area contributed by atoms with Crippen molar-refractivity contribution in [2.24, 2.45) is 0 Å². The molecule has 0 aliphatic rings. The number of hydrogen-bond donors (Lipinski definition) is 3. The summed E-state index contributed by atoms with van der Waals surface area (Å²) in [5.74, 6) is -1.42. The third-order valence-electron chi connectivity index (χ3n) is 2.48. The van der Waals surface area contributed by atoms with Gasteiger partial charge in [0.15, 0.2) is 0 Å². The standard InChI is InChI=1S/C13H10ClFN2O2/c14-9-2-1-3-10(15)12(9)17-13(19)8-6-7(18)4-5-11(8)16/h1-6,18H,16H2,(H,17,19). The lowest BCUT2D eigenvalue weighted by Gasteiger charge is -2.10. The summed E-state index contributed by atoms with van der Waals surface area (Å²) >= 11 is 5.80. The third kappa shape index (κ3) is 2.77. The van der Waals surface area contributed by atoms with E-state index in [9.17, 15) is 14.3 Å². The molecule has 0 atom stereocenters. The molecule has 6 heteroatoms. The number of rotatable bonds is 2. The van der Waals surface area contributed by atoms with Gasteiger partial charge in [-0.25, -0.2) is 4.39 Å². The minimum atomic E-state index is -0.653. The number of carbonyl (C=O) groups is 1. The average Bonchev–Trinajstić information content (AvgIpc) is 2.37. The highest BCUT2D eigenvalue weighted by atomic mass is 35.5. The molecule has 0 aliphatic carbocycles. The van der Waals surface area contributed by atoms with Gasteiger partial charge in [-0.2, -0.15) is 0 Å². The molecule has 0 saturated heterocycles. The van der Waals surface area contributed by atoms with Gasteiger partial charge in [-0.3, -0.25) is 4.79 Å². The molecule has 0 bridgehead atoms. The van der Waals surface area contributed by atoms with Crippen molar-refractivity contribution in [3.8, 4) is 5.75 Å². The molecular formula is C13H10ClFN2O2. The maximum Gasteiger partial charge on any atom is 0.258 e. The Morgan fingerprint density at radius 2 is 2.05 bits per heavy atom. The first-order chi connectivity index (χ1) is 8.99. The number of benzene rings is 2. The number of nitrogens with two attached hydrogens (primary N) is 1. The van der Waals surface area contributed by atoms with E-state index in [1.54, 1.807) is 0 Å². The Balaban J connectivity index is 2.34. The molecule has 4 N–H and O–H groups in total. The number of phenols is 1. The summed E-state index contributed by atoms with van der Waals surface area (Å²) in [5.41, 5.74) is 5.70. The Bertz CT molecular complexity index is 626. The summed E-state index contributed by atoms with van der Waals surface area (Å²) in [6.45, 7) is 0. The number of phenolic OH excluding ortho intramolecular Hbond substituents is 1. The number of para-hydroxylation sites is 1. The first-order valence-corrected chi connectivity index (χ1v) is 5.70.